The molecule has 1 amide bonds. The molecule has 2 aliphatic rings. The minimum atomic E-state index is -0.306. The lowest BCUT2D eigenvalue weighted by molar-refractivity contribution is 0.0855. The molecule has 1 atom stereocenters. The molecule has 0 saturated carbocycles. The molecule has 13 heavy (non-hydrogen) atoms. The molecule has 2 saturated heterocycles. The van der Waals surface area contributed by atoms with Crippen LogP contribution in [0.3, 0.4) is 0 Å². The van der Waals surface area contributed by atoms with Crippen LogP contribution in [0.15, 0.2) is 0 Å². The summed E-state index contributed by atoms with van der Waals surface area (Å²) in [7, 11) is 0. The van der Waals surface area contributed by atoms with E-state index in [-0.39, 0.29) is 11.7 Å². The predicted octanol–water partition coefficient (Wildman–Crippen LogP) is 0.579. The molecule has 1 N–H and O–H groups in total. The second kappa shape index (κ2) is 2.87. The van der Waals surface area contributed by atoms with E-state index in [1.807, 2.05) is 18.7 Å². The first-order valence-corrected chi connectivity index (χ1v) is 4.79. The van der Waals surface area contributed by atoms with E-state index < -0.39 is 0 Å². The minimum absolute atomic E-state index is 0.154. The average molecular weight is 184 g/mol. The molecule has 74 valence electrons. The maximum Gasteiger partial charge on any atom is 0.410 e. The average Bonchev–Trinajstić information content (AvgIpc) is 2.56. The molecular weight excluding hydrogens is 168 g/mol. The van der Waals surface area contributed by atoms with Gasteiger partial charge in [-0.25, -0.2) is 4.79 Å². The standard InChI is InChI=1S/C9H16N2O2/c1-9(2)6-11(8(12)13-9)7-3-4-10-5-7/h7,10H,3-6H2,1-2H3. The first-order chi connectivity index (χ1) is 6.08. The number of nitrogens with one attached hydrogen (secondary N) is 1. The lowest BCUT2D eigenvalue weighted by Gasteiger charge is -2.21. The minimum Gasteiger partial charge on any atom is -0.441 e. The molecule has 0 spiro atoms. The second-order valence-corrected chi connectivity index (χ2v) is 4.40. The highest BCUT2D eigenvalue weighted by atomic mass is 16.6. The quantitative estimate of drug-likeness (QED) is 0.648. The Kier molecular flexibility index (Phi) is 1.95. The van der Waals surface area contributed by atoms with Crippen LogP contribution in [0, 0.1) is 0 Å². The van der Waals surface area contributed by atoms with Crippen molar-refractivity contribution in [3.05, 3.63) is 0 Å². The molecule has 0 aromatic carbocycles. The van der Waals surface area contributed by atoms with Crippen LogP contribution in [0.5, 0.6) is 0 Å². The van der Waals surface area contributed by atoms with Gasteiger partial charge in [0.15, 0.2) is 0 Å². The molecule has 2 heterocycles. The Hall–Kier alpha value is -0.770. The molecule has 0 bridgehead atoms. The smallest absolute Gasteiger partial charge is 0.410 e. The molecular formula is C9H16N2O2. The number of amides is 1. The highest BCUT2D eigenvalue weighted by Crippen LogP contribution is 2.25. The van der Waals surface area contributed by atoms with Crippen LogP contribution < -0.4 is 5.32 Å². The van der Waals surface area contributed by atoms with Crippen LogP contribution in [0.1, 0.15) is 20.3 Å². The van der Waals surface area contributed by atoms with E-state index in [0.29, 0.717) is 6.04 Å². The Bertz CT molecular complexity index is 222. The van der Waals surface area contributed by atoms with E-state index >= 15 is 0 Å². The molecule has 0 aromatic heterocycles. The summed E-state index contributed by atoms with van der Waals surface area (Å²) in [5.41, 5.74) is -0.306. The van der Waals surface area contributed by atoms with E-state index in [4.69, 9.17) is 4.74 Å². The normalized spacial score (nSPS) is 32.3. The van der Waals surface area contributed by atoms with Crippen molar-refractivity contribution in [3.63, 3.8) is 0 Å². The van der Waals surface area contributed by atoms with Gasteiger partial charge in [-0.3, -0.25) is 4.90 Å². The van der Waals surface area contributed by atoms with Gasteiger partial charge in [-0.05, 0) is 26.8 Å². The molecule has 0 radical (unpaired) electrons. The van der Waals surface area contributed by atoms with Gasteiger partial charge in [-0.1, -0.05) is 0 Å². The topological polar surface area (TPSA) is 41.6 Å². The number of ether oxygens (including phenoxy) is 1. The van der Waals surface area contributed by atoms with Gasteiger partial charge in [-0.15, -0.1) is 0 Å². The lowest BCUT2D eigenvalue weighted by atomic mass is 10.1. The summed E-state index contributed by atoms with van der Waals surface area (Å²) in [6.45, 7) is 6.54. The van der Waals surface area contributed by atoms with Gasteiger partial charge >= 0.3 is 6.09 Å². The predicted molar refractivity (Wildman–Crippen MR) is 48.5 cm³/mol. The van der Waals surface area contributed by atoms with E-state index in [0.717, 1.165) is 26.1 Å². The van der Waals surface area contributed by atoms with Crippen LogP contribution >= 0.6 is 0 Å². The highest BCUT2D eigenvalue weighted by molar-refractivity contribution is 5.71. The number of rotatable bonds is 1. The third-order valence-electron chi connectivity index (χ3n) is 2.62. The fraction of sp³-hybridized carbons (Fsp3) is 0.889. The summed E-state index contributed by atoms with van der Waals surface area (Å²) >= 11 is 0. The zero-order valence-electron chi connectivity index (χ0n) is 8.17. The highest BCUT2D eigenvalue weighted by Gasteiger charge is 2.41. The fourth-order valence-electron chi connectivity index (χ4n) is 1.99. The number of carbonyl (C=O) groups is 1. The van der Waals surface area contributed by atoms with Crippen molar-refractivity contribution in [1.29, 1.82) is 0 Å². The molecule has 1 unspecified atom stereocenters. The number of nitrogens with zero attached hydrogens (tertiary/aromatic N) is 1. The van der Waals surface area contributed by atoms with Gasteiger partial charge in [0.2, 0.25) is 0 Å². The Morgan fingerprint density at radius 1 is 1.62 bits per heavy atom. The number of cyclic esters (lactones) is 1. The summed E-state index contributed by atoms with van der Waals surface area (Å²) < 4.78 is 5.23. The Labute approximate surface area is 78.2 Å². The van der Waals surface area contributed by atoms with Crippen LogP contribution in [0.2, 0.25) is 0 Å². The van der Waals surface area contributed by atoms with Crippen LogP contribution in [0.4, 0.5) is 4.79 Å². The summed E-state index contributed by atoms with van der Waals surface area (Å²) in [6, 6.07) is 0.342. The third kappa shape index (κ3) is 1.63. The fourth-order valence-corrected chi connectivity index (χ4v) is 1.99. The molecule has 2 rings (SSSR count). The van der Waals surface area contributed by atoms with E-state index in [1.165, 1.54) is 0 Å². The van der Waals surface area contributed by atoms with Crippen molar-refractivity contribution in [2.45, 2.75) is 31.9 Å². The number of carbonyl (C=O) groups excluding carboxylic acids is 1. The molecule has 4 heteroatoms. The first-order valence-electron chi connectivity index (χ1n) is 4.79. The SMILES string of the molecule is CC1(C)CN(C2CCNC2)C(=O)O1. The van der Waals surface area contributed by atoms with Crippen LogP contribution in [0.25, 0.3) is 0 Å². The van der Waals surface area contributed by atoms with Crippen molar-refractivity contribution in [2.75, 3.05) is 19.6 Å². The zero-order valence-corrected chi connectivity index (χ0v) is 8.17. The molecule has 2 aliphatic heterocycles. The van der Waals surface area contributed by atoms with E-state index in [9.17, 15) is 4.79 Å². The Balaban J connectivity index is 2.04. The van der Waals surface area contributed by atoms with E-state index in [2.05, 4.69) is 5.32 Å². The van der Waals surface area contributed by atoms with Crippen molar-refractivity contribution in [1.82, 2.24) is 10.2 Å². The second-order valence-electron chi connectivity index (χ2n) is 4.40. The van der Waals surface area contributed by atoms with Gasteiger partial charge in [0.25, 0.3) is 0 Å². The third-order valence-corrected chi connectivity index (χ3v) is 2.62. The van der Waals surface area contributed by atoms with Crippen molar-refractivity contribution in [2.24, 2.45) is 0 Å². The maximum absolute atomic E-state index is 11.5. The van der Waals surface area contributed by atoms with Crippen molar-refractivity contribution >= 4 is 6.09 Å². The molecule has 4 nitrogen and oxygen atoms in total. The molecule has 2 fully saturated rings. The van der Waals surface area contributed by atoms with Crippen molar-refractivity contribution in [3.8, 4) is 0 Å². The lowest BCUT2D eigenvalue weighted by Crippen LogP contribution is -2.38. The first kappa shape index (κ1) is 8.81. The van der Waals surface area contributed by atoms with Gasteiger partial charge in [0, 0.05) is 12.6 Å². The van der Waals surface area contributed by atoms with Gasteiger partial charge in [0.05, 0.1) is 6.54 Å². The summed E-state index contributed by atoms with van der Waals surface area (Å²) in [4.78, 5) is 13.3. The van der Waals surface area contributed by atoms with Gasteiger partial charge in [-0.2, -0.15) is 0 Å². The Morgan fingerprint density at radius 2 is 2.38 bits per heavy atom. The monoisotopic (exact) mass is 184 g/mol. The van der Waals surface area contributed by atoms with Gasteiger partial charge < -0.3 is 10.1 Å². The zero-order chi connectivity index (χ0) is 9.47. The number of hydrogen-bond acceptors (Lipinski definition) is 3. The van der Waals surface area contributed by atoms with Gasteiger partial charge in [0.1, 0.15) is 5.60 Å². The van der Waals surface area contributed by atoms with E-state index in [1.54, 1.807) is 0 Å². The summed E-state index contributed by atoms with van der Waals surface area (Å²) in [5, 5.41) is 3.25. The largest absolute Gasteiger partial charge is 0.441 e. The summed E-state index contributed by atoms with van der Waals surface area (Å²) in [5.74, 6) is 0. The van der Waals surface area contributed by atoms with Crippen molar-refractivity contribution < 1.29 is 9.53 Å². The molecule has 0 aromatic rings. The Morgan fingerprint density at radius 3 is 2.85 bits per heavy atom. The summed E-state index contributed by atoms with van der Waals surface area (Å²) in [6.07, 6.45) is 0.893. The van der Waals surface area contributed by atoms with Crippen LogP contribution in [-0.2, 0) is 4.74 Å². The van der Waals surface area contributed by atoms with Crippen LogP contribution in [-0.4, -0.2) is 42.3 Å². The maximum atomic E-state index is 11.5. The number of hydrogen-bond donors (Lipinski definition) is 1. The molecule has 0 aliphatic carbocycles.